The molecule has 1 N–H and O–H groups in total. The second kappa shape index (κ2) is 6.93. The minimum Gasteiger partial charge on any atom is -0.352 e. The lowest BCUT2D eigenvalue weighted by Crippen LogP contribution is -2.52. The van der Waals surface area contributed by atoms with Crippen LogP contribution in [0.3, 0.4) is 0 Å². The fourth-order valence-corrected chi connectivity index (χ4v) is 3.66. The summed E-state index contributed by atoms with van der Waals surface area (Å²) in [4.78, 5) is 14.8. The first-order chi connectivity index (χ1) is 9.49. The lowest BCUT2D eigenvalue weighted by Gasteiger charge is -2.40. The topological polar surface area (TPSA) is 32.3 Å². The highest BCUT2D eigenvalue weighted by molar-refractivity contribution is 5.78. The van der Waals surface area contributed by atoms with Gasteiger partial charge in [-0.05, 0) is 44.9 Å². The molecule has 2 saturated carbocycles. The van der Waals surface area contributed by atoms with Gasteiger partial charge < -0.3 is 5.32 Å². The number of nitrogens with zero attached hydrogens (tertiary/aromatic N) is 1. The number of hydrogen-bond acceptors (Lipinski definition) is 2. The van der Waals surface area contributed by atoms with Gasteiger partial charge in [-0.2, -0.15) is 0 Å². The smallest absolute Gasteiger partial charge is 0.234 e. The molecule has 0 aromatic heterocycles. The van der Waals surface area contributed by atoms with Gasteiger partial charge in [-0.3, -0.25) is 9.69 Å². The summed E-state index contributed by atoms with van der Waals surface area (Å²) in [6.45, 7) is 9.60. The Morgan fingerprint density at radius 2 is 1.80 bits per heavy atom. The summed E-state index contributed by atoms with van der Waals surface area (Å²) in [5.74, 6) is 1.59. The van der Waals surface area contributed by atoms with Crippen molar-refractivity contribution in [3.8, 4) is 0 Å². The molecule has 0 spiro atoms. The maximum Gasteiger partial charge on any atom is 0.234 e. The highest BCUT2D eigenvalue weighted by Crippen LogP contribution is 2.30. The molecule has 0 radical (unpaired) electrons. The molecule has 3 atom stereocenters. The molecule has 1 amide bonds. The zero-order chi connectivity index (χ0) is 14.7. The van der Waals surface area contributed by atoms with E-state index in [1.54, 1.807) is 0 Å². The molecule has 2 fully saturated rings. The summed E-state index contributed by atoms with van der Waals surface area (Å²) in [6, 6.07) is 1.50. The van der Waals surface area contributed by atoms with Crippen molar-refractivity contribution in [1.82, 2.24) is 10.2 Å². The van der Waals surface area contributed by atoms with Gasteiger partial charge in [0.15, 0.2) is 0 Å². The van der Waals surface area contributed by atoms with Crippen LogP contribution in [-0.2, 0) is 4.79 Å². The molecule has 0 heterocycles. The van der Waals surface area contributed by atoms with Gasteiger partial charge in [0.1, 0.15) is 0 Å². The fourth-order valence-electron chi connectivity index (χ4n) is 3.66. The summed E-state index contributed by atoms with van der Waals surface area (Å²) < 4.78 is 0. The molecule has 2 aliphatic carbocycles. The van der Waals surface area contributed by atoms with Crippen LogP contribution in [0.5, 0.6) is 0 Å². The van der Waals surface area contributed by atoms with Gasteiger partial charge in [-0.1, -0.05) is 33.1 Å². The largest absolute Gasteiger partial charge is 0.352 e. The second-order valence-electron chi connectivity index (χ2n) is 7.29. The van der Waals surface area contributed by atoms with Gasteiger partial charge in [-0.25, -0.2) is 0 Å². The second-order valence-corrected chi connectivity index (χ2v) is 7.29. The maximum absolute atomic E-state index is 12.4. The minimum atomic E-state index is 0.233. The van der Waals surface area contributed by atoms with E-state index >= 15 is 0 Å². The van der Waals surface area contributed by atoms with Crippen molar-refractivity contribution in [2.24, 2.45) is 11.8 Å². The van der Waals surface area contributed by atoms with E-state index in [0.29, 0.717) is 30.6 Å². The van der Waals surface area contributed by atoms with E-state index in [1.165, 1.54) is 32.1 Å². The Morgan fingerprint density at radius 3 is 2.35 bits per heavy atom. The lowest BCUT2D eigenvalue weighted by molar-refractivity contribution is -0.125. The maximum atomic E-state index is 12.4. The number of carbonyl (C=O) groups is 1. The molecule has 0 unspecified atom stereocenters. The van der Waals surface area contributed by atoms with Crippen molar-refractivity contribution in [3.63, 3.8) is 0 Å². The zero-order valence-electron chi connectivity index (χ0n) is 13.7. The van der Waals surface area contributed by atoms with E-state index in [4.69, 9.17) is 0 Å². The Hall–Kier alpha value is -0.570. The van der Waals surface area contributed by atoms with Gasteiger partial charge in [0.25, 0.3) is 0 Å². The third-order valence-corrected chi connectivity index (χ3v) is 5.59. The van der Waals surface area contributed by atoms with E-state index in [1.807, 2.05) is 0 Å². The minimum absolute atomic E-state index is 0.233. The van der Waals surface area contributed by atoms with E-state index in [9.17, 15) is 4.79 Å². The van der Waals surface area contributed by atoms with Crippen molar-refractivity contribution >= 4 is 5.91 Å². The highest BCUT2D eigenvalue weighted by atomic mass is 16.2. The molecule has 0 saturated heterocycles. The molecule has 0 bridgehead atoms. The summed E-state index contributed by atoms with van der Waals surface area (Å²) in [7, 11) is 0. The van der Waals surface area contributed by atoms with Crippen LogP contribution in [0.2, 0.25) is 0 Å². The van der Waals surface area contributed by atoms with Crippen molar-refractivity contribution in [1.29, 1.82) is 0 Å². The van der Waals surface area contributed by atoms with Crippen molar-refractivity contribution in [3.05, 3.63) is 0 Å². The quantitative estimate of drug-likeness (QED) is 0.839. The Kier molecular flexibility index (Phi) is 5.48. The van der Waals surface area contributed by atoms with Gasteiger partial charge >= 0.3 is 0 Å². The first-order valence-electron chi connectivity index (χ1n) is 8.54. The van der Waals surface area contributed by atoms with Crippen LogP contribution in [0, 0.1) is 11.8 Å². The molecular formula is C17H32N2O. The molecule has 2 aliphatic rings. The monoisotopic (exact) mass is 280 g/mol. The number of hydrogen-bond donors (Lipinski definition) is 1. The van der Waals surface area contributed by atoms with Crippen LogP contribution < -0.4 is 5.32 Å². The summed E-state index contributed by atoms with van der Waals surface area (Å²) in [5, 5.41) is 3.31. The normalized spacial score (nSPS) is 31.4. The third-order valence-electron chi connectivity index (χ3n) is 5.59. The van der Waals surface area contributed by atoms with Gasteiger partial charge in [-0.15, -0.1) is 0 Å². The van der Waals surface area contributed by atoms with Crippen LogP contribution in [-0.4, -0.2) is 35.5 Å². The molecular weight excluding hydrogens is 248 g/mol. The highest BCUT2D eigenvalue weighted by Gasteiger charge is 2.31. The third kappa shape index (κ3) is 3.75. The van der Waals surface area contributed by atoms with Gasteiger partial charge in [0.2, 0.25) is 5.91 Å². The van der Waals surface area contributed by atoms with Crippen molar-refractivity contribution < 1.29 is 4.79 Å². The van der Waals surface area contributed by atoms with E-state index in [0.717, 1.165) is 12.3 Å². The summed E-state index contributed by atoms with van der Waals surface area (Å²) in [6.07, 6.45) is 7.58. The average molecular weight is 280 g/mol. The van der Waals surface area contributed by atoms with E-state index in [2.05, 4.69) is 37.9 Å². The lowest BCUT2D eigenvalue weighted by atomic mass is 9.78. The number of amides is 1. The fraction of sp³-hybridized carbons (Fsp3) is 0.941. The molecule has 116 valence electrons. The van der Waals surface area contributed by atoms with Gasteiger partial charge in [0, 0.05) is 18.1 Å². The van der Waals surface area contributed by atoms with Crippen LogP contribution in [0.1, 0.15) is 66.2 Å². The van der Waals surface area contributed by atoms with Crippen molar-refractivity contribution in [2.75, 3.05) is 6.54 Å². The van der Waals surface area contributed by atoms with Crippen LogP contribution in [0.4, 0.5) is 0 Å². The molecule has 20 heavy (non-hydrogen) atoms. The Bertz CT molecular complexity index is 325. The summed E-state index contributed by atoms with van der Waals surface area (Å²) in [5.41, 5.74) is 0. The SMILES string of the molecule is CC(C)N(CC(=O)N[C@@H]1CCC[C@@H](C)[C@@H]1C)C1CCC1. The molecule has 0 aliphatic heterocycles. The first kappa shape index (κ1) is 15.8. The molecule has 0 aromatic carbocycles. The van der Waals surface area contributed by atoms with Crippen LogP contribution >= 0.6 is 0 Å². The Morgan fingerprint density at radius 1 is 1.15 bits per heavy atom. The zero-order valence-corrected chi connectivity index (χ0v) is 13.7. The molecule has 2 rings (SSSR count). The van der Waals surface area contributed by atoms with Gasteiger partial charge in [0.05, 0.1) is 6.54 Å². The molecule has 3 nitrogen and oxygen atoms in total. The Balaban J connectivity index is 1.84. The van der Waals surface area contributed by atoms with E-state index < -0.39 is 0 Å². The number of nitrogens with one attached hydrogen (secondary N) is 1. The van der Waals surface area contributed by atoms with Crippen LogP contribution in [0.15, 0.2) is 0 Å². The van der Waals surface area contributed by atoms with E-state index in [-0.39, 0.29) is 5.91 Å². The standard InChI is InChI=1S/C17H32N2O/c1-12(2)19(15-8-6-9-15)11-17(20)18-16-10-5-7-13(3)14(16)4/h12-16H,5-11H2,1-4H3,(H,18,20)/t13-,14+,16-/m1/s1. The predicted octanol–water partition coefficient (Wildman–Crippen LogP) is 3.19. The number of carbonyl (C=O) groups excluding carboxylic acids is 1. The predicted molar refractivity (Wildman–Crippen MR) is 83.6 cm³/mol. The number of rotatable bonds is 5. The van der Waals surface area contributed by atoms with Crippen LogP contribution in [0.25, 0.3) is 0 Å². The van der Waals surface area contributed by atoms with Crippen molar-refractivity contribution in [2.45, 2.75) is 84.3 Å². The Labute approximate surface area is 124 Å². The molecule has 0 aromatic rings. The summed E-state index contributed by atoms with van der Waals surface area (Å²) >= 11 is 0. The first-order valence-corrected chi connectivity index (χ1v) is 8.54. The molecule has 3 heteroatoms. The average Bonchev–Trinajstić information content (AvgIpc) is 2.32.